The molecule has 0 unspecified atom stereocenters. The maximum atomic E-state index is 11.3. The van der Waals surface area contributed by atoms with Crippen molar-refractivity contribution in [3.8, 4) is 17.2 Å². The van der Waals surface area contributed by atoms with Crippen LogP contribution in [-0.4, -0.2) is 25.0 Å². The molecule has 1 heterocycles. The highest BCUT2D eigenvalue weighted by Gasteiger charge is 2.54. The summed E-state index contributed by atoms with van der Waals surface area (Å²) in [6, 6.07) is 3.50. The second-order valence-corrected chi connectivity index (χ2v) is 4.27. The number of methoxy groups -OCH3 is 1. The van der Waals surface area contributed by atoms with Crippen LogP contribution in [0.2, 0.25) is 0 Å². The molecule has 0 amide bonds. The molecule has 0 atom stereocenters. The summed E-state index contributed by atoms with van der Waals surface area (Å²) < 4.78 is 15.9. The Labute approximate surface area is 97.9 Å². The highest BCUT2D eigenvalue weighted by molar-refractivity contribution is 5.86. The predicted molar refractivity (Wildman–Crippen MR) is 57.7 cm³/mol. The third-order valence-corrected chi connectivity index (χ3v) is 3.37. The molecule has 1 aromatic rings. The van der Waals surface area contributed by atoms with Gasteiger partial charge in [-0.15, -0.1) is 0 Å². The molecule has 1 saturated carbocycles. The Balaban J connectivity index is 2.15. The number of carboxylic acid groups (broad SMARTS) is 1. The predicted octanol–water partition coefficient (Wildman–Crippen LogP) is 1.54. The van der Waals surface area contributed by atoms with Crippen LogP contribution in [0.5, 0.6) is 17.2 Å². The molecule has 90 valence electrons. The second-order valence-electron chi connectivity index (χ2n) is 4.27. The second kappa shape index (κ2) is 3.29. The van der Waals surface area contributed by atoms with Crippen LogP contribution in [0.1, 0.15) is 18.4 Å². The Hall–Kier alpha value is -1.91. The monoisotopic (exact) mass is 236 g/mol. The summed E-state index contributed by atoms with van der Waals surface area (Å²) >= 11 is 0. The molecular formula is C12H12O5. The van der Waals surface area contributed by atoms with Crippen molar-refractivity contribution < 1.29 is 24.1 Å². The molecule has 1 aliphatic carbocycles. The lowest BCUT2D eigenvalue weighted by atomic mass is 9.94. The van der Waals surface area contributed by atoms with E-state index in [4.69, 9.17) is 14.2 Å². The van der Waals surface area contributed by atoms with Crippen molar-refractivity contribution in [1.82, 2.24) is 0 Å². The fraction of sp³-hybridized carbons (Fsp3) is 0.417. The quantitative estimate of drug-likeness (QED) is 0.862. The number of benzene rings is 1. The molecule has 17 heavy (non-hydrogen) atoms. The summed E-state index contributed by atoms with van der Waals surface area (Å²) in [5, 5.41) is 9.30. The molecule has 1 N–H and O–H groups in total. The molecule has 1 fully saturated rings. The minimum Gasteiger partial charge on any atom is -0.492 e. The Morgan fingerprint density at radius 1 is 1.41 bits per heavy atom. The fourth-order valence-electron chi connectivity index (χ4n) is 2.25. The number of carboxylic acids is 1. The minimum absolute atomic E-state index is 0.148. The molecule has 2 aliphatic rings. The molecule has 5 heteroatoms. The van der Waals surface area contributed by atoms with Crippen molar-refractivity contribution >= 4 is 5.97 Å². The van der Waals surface area contributed by atoms with Crippen molar-refractivity contribution in [2.24, 2.45) is 0 Å². The van der Waals surface area contributed by atoms with Gasteiger partial charge in [0, 0.05) is 5.56 Å². The van der Waals surface area contributed by atoms with Gasteiger partial charge in [0.25, 0.3) is 0 Å². The summed E-state index contributed by atoms with van der Waals surface area (Å²) in [6.07, 6.45) is 1.27. The van der Waals surface area contributed by atoms with E-state index >= 15 is 0 Å². The van der Waals surface area contributed by atoms with Crippen molar-refractivity contribution in [3.63, 3.8) is 0 Å². The van der Waals surface area contributed by atoms with E-state index in [1.54, 1.807) is 12.1 Å². The van der Waals surface area contributed by atoms with Crippen LogP contribution in [0.15, 0.2) is 12.1 Å². The Morgan fingerprint density at radius 2 is 2.18 bits per heavy atom. The van der Waals surface area contributed by atoms with E-state index < -0.39 is 11.4 Å². The third-order valence-electron chi connectivity index (χ3n) is 3.37. The van der Waals surface area contributed by atoms with E-state index in [1.807, 2.05) is 0 Å². The molecule has 0 aromatic heterocycles. The number of carbonyl (C=O) groups is 1. The number of fused-ring (bicyclic) bond motifs is 1. The lowest BCUT2D eigenvalue weighted by molar-refractivity contribution is -0.140. The van der Waals surface area contributed by atoms with Crippen LogP contribution in [0.3, 0.4) is 0 Å². The number of hydrogen-bond donors (Lipinski definition) is 1. The van der Waals surface area contributed by atoms with E-state index in [0.29, 0.717) is 35.7 Å². The molecule has 3 rings (SSSR count). The molecule has 0 saturated heterocycles. The first-order valence-electron chi connectivity index (χ1n) is 5.39. The summed E-state index contributed by atoms with van der Waals surface area (Å²) in [7, 11) is 1.51. The van der Waals surface area contributed by atoms with Gasteiger partial charge in [-0.3, -0.25) is 4.79 Å². The van der Waals surface area contributed by atoms with Crippen LogP contribution >= 0.6 is 0 Å². The Bertz CT molecular complexity index is 490. The van der Waals surface area contributed by atoms with E-state index in [9.17, 15) is 9.90 Å². The molecular weight excluding hydrogens is 224 g/mol. The zero-order valence-corrected chi connectivity index (χ0v) is 9.36. The van der Waals surface area contributed by atoms with Gasteiger partial charge < -0.3 is 19.3 Å². The standard InChI is InChI=1S/C12H12O5/c1-15-9-7(12(4-5-12)11(13)14)2-3-8-10(9)17-6-16-8/h2-3H,4-6H2,1H3,(H,13,14). The van der Waals surface area contributed by atoms with E-state index in [1.165, 1.54) is 7.11 Å². The zero-order valence-electron chi connectivity index (χ0n) is 9.36. The van der Waals surface area contributed by atoms with Crippen LogP contribution < -0.4 is 14.2 Å². The van der Waals surface area contributed by atoms with Gasteiger partial charge >= 0.3 is 5.97 Å². The highest BCUT2D eigenvalue weighted by Crippen LogP contribution is 2.55. The average Bonchev–Trinajstić information content (AvgIpc) is 3.00. The Morgan fingerprint density at radius 3 is 2.76 bits per heavy atom. The topological polar surface area (TPSA) is 65.0 Å². The SMILES string of the molecule is COc1c(C2(C(=O)O)CC2)ccc2c1OCO2. The molecule has 0 radical (unpaired) electrons. The normalized spacial score (nSPS) is 18.9. The van der Waals surface area contributed by atoms with Crippen molar-refractivity contribution in [2.45, 2.75) is 18.3 Å². The third kappa shape index (κ3) is 1.28. The first-order valence-corrected chi connectivity index (χ1v) is 5.39. The van der Waals surface area contributed by atoms with Gasteiger partial charge in [-0.25, -0.2) is 0 Å². The van der Waals surface area contributed by atoms with Gasteiger partial charge in [-0.2, -0.15) is 0 Å². The number of hydrogen-bond acceptors (Lipinski definition) is 4. The summed E-state index contributed by atoms with van der Waals surface area (Å²) in [6.45, 7) is 0.148. The Kier molecular flexibility index (Phi) is 1.98. The van der Waals surface area contributed by atoms with Gasteiger partial charge in [0.2, 0.25) is 12.5 Å². The highest BCUT2D eigenvalue weighted by atomic mass is 16.7. The smallest absolute Gasteiger partial charge is 0.314 e. The van der Waals surface area contributed by atoms with Crippen LogP contribution in [0.4, 0.5) is 0 Å². The summed E-state index contributed by atoms with van der Waals surface area (Å²) in [4.78, 5) is 11.3. The van der Waals surface area contributed by atoms with Gasteiger partial charge in [0.1, 0.15) is 0 Å². The maximum Gasteiger partial charge on any atom is 0.314 e. The first-order chi connectivity index (χ1) is 8.19. The largest absolute Gasteiger partial charge is 0.492 e. The van der Waals surface area contributed by atoms with E-state index in [0.717, 1.165) is 0 Å². The van der Waals surface area contributed by atoms with Crippen LogP contribution in [0.25, 0.3) is 0 Å². The van der Waals surface area contributed by atoms with Crippen molar-refractivity contribution in [2.75, 3.05) is 13.9 Å². The molecule has 1 aromatic carbocycles. The minimum atomic E-state index is -0.810. The van der Waals surface area contributed by atoms with Crippen molar-refractivity contribution in [3.05, 3.63) is 17.7 Å². The number of ether oxygens (including phenoxy) is 3. The lowest BCUT2D eigenvalue weighted by Gasteiger charge is -2.16. The first kappa shape index (κ1) is 10.3. The fourth-order valence-corrected chi connectivity index (χ4v) is 2.25. The van der Waals surface area contributed by atoms with Gasteiger partial charge in [-0.05, 0) is 18.9 Å². The van der Waals surface area contributed by atoms with Crippen molar-refractivity contribution in [1.29, 1.82) is 0 Å². The molecule has 0 spiro atoms. The van der Waals surface area contributed by atoms with Gasteiger partial charge in [0.05, 0.1) is 12.5 Å². The maximum absolute atomic E-state index is 11.3. The van der Waals surface area contributed by atoms with E-state index in [-0.39, 0.29) is 6.79 Å². The van der Waals surface area contributed by atoms with Crippen LogP contribution in [-0.2, 0) is 10.2 Å². The van der Waals surface area contributed by atoms with Crippen LogP contribution in [0, 0.1) is 0 Å². The zero-order chi connectivity index (χ0) is 12.0. The number of aliphatic carboxylic acids is 1. The average molecular weight is 236 g/mol. The van der Waals surface area contributed by atoms with Gasteiger partial charge in [0.15, 0.2) is 11.5 Å². The van der Waals surface area contributed by atoms with E-state index in [2.05, 4.69) is 0 Å². The summed E-state index contributed by atoms with van der Waals surface area (Å²) in [5.41, 5.74) is -0.122. The molecule has 1 aliphatic heterocycles. The summed E-state index contributed by atoms with van der Waals surface area (Å²) in [5.74, 6) is 0.791. The van der Waals surface area contributed by atoms with Gasteiger partial charge in [-0.1, -0.05) is 6.07 Å². The molecule has 5 nitrogen and oxygen atoms in total. The lowest BCUT2D eigenvalue weighted by Crippen LogP contribution is -2.20. The number of rotatable bonds is 3. The molecule has 0 bridgehead atoms.